The topological polar surface area (TPSA) is 18.5 Å². The first-order chi connectivity index (χ1) is 9.01. The Morgan fingerprint density at radius 3 is 2.79 bits per heavy atom. The van der Waals surface area contributed by atoms with Gasteiger partial charge in [0.15, 0.2) is 0 Å². The highest BCUT2D eigenvalue weighted by Crippen LogP contribution is 2.53. The molecule has 2 heteroatoms. The van der Waals surface area contributed by atoms with Crippen LogP contribution in [-0.2, 0) is 0 Å². The number of rotatable bonds is 1. The molecule has 1 heterocycles. The predicted molar refractivity (Wildman–Crippen MR) is 76.9 cm³/mol. The molecule has 0 amide bonds. The lowest BCUT2D eigenvalue weighted by Crippen LogP contribution is -2.46. The molecule has 2 nitrogen and oxygen atoms in total. The first-order valence-corrected chi connectivity index (χ1v) is 7.38. The summed E-state index contributed by atoms with van der Waals surface area (Å²) < 4.78 is 11.7. The summed E-state index contributed by atoms with van der Waals surface area (Å²) in [4.78, 5) is 0. The van der Waals surface area contributed by atoms with Gasteiger partial charge in [-0.3, -0.25) is 0 Å². The van der Waals surface area contributed by atoms with Gasteiger partial charge in [-0.2, -0.15) is 0 Å². The minimum atomic E-state index is -0.0492. The van der Waals surface area contributed by atoms with Crippen molar-refractivity contribution in [2.45, 2.75) is 51.6 Å². The van der Waals surface area contributed by atoms with Crippen molar-refractivity contribution in [3.8, 4) is 11.5 Å². The number of benzene rings is 1. The molecule has 1 saturated carbocycles. The molecule has 104 valence electrons. The maximum atomic E-state index is 6.27. The zero-order chi connectivity index (χ0) is 13.6. The summed E-state index contributed by atoms with van der Waals surface area (Å²) >= 11 is 0. The Morgan fingerprint density at radius 2 is 2.05 bits per heavy atom. The second-order valence-electron chi connectivity index (χ2n) is 6.74. The fourth-order valence-electron chi connectivity index (χ4n) is 3.95. The van der Waals surface area contributed by atoms with Crippen molar-refractivity contribution in [3.63, 3.8) is 0 Å². The van der Waals surface area contributed by atoms with E-state index in [9.17, 15) is 0 Å². The summed E-state index contributed by atoms with van der Waals surface area (Å²) in [5.74, 6) is 4.07. The largest absolute Gasteiger partial charge is 0.497 e. The van der Waals surface area contributed by atoms with E-state index in [4.69, 9.17) is 9.47 Å². The fraction of sp³-hybridized carbons (Fsp3) is 0.647. The van der Waals surface area contributed by atoms with Crippen molar-refractivity contribution in [2.24, 2.45) is 11.8 Å². The number of hydrogen-bond acceptors (Lipinski definition) is 2. The summed E-state index contributed by atoms with van der Waals surface area (Å²) in [6.07, 6.45) is 3.88. The number of methoxy groups -OCH3 is 1. The molecule has 0 bridgehead atoms. The highest BCUT2D eigenvalue weighted by Gasteiger charge is 2.45. The third-order valence-corrected chi connectivity index (χ3v) is 4.99. The molecule has 2 unspecified atom stereocenters. The predicted octanol–water partition coefficient (Wildman–Crippen LogP) is 4.39. The molecule has 2 aliphatic rings. The highest BCUT2D eigenvalue weighted by atomic mass is 16.5. The molecule has 1 aliphatic heterocycles. The van der Waals surface area contributed by atoms with E-state index in [0.29, 0.717) is 11.8 Å². The van der Waals surface area contributed by atoms with Crippen molar-refractivity contribution >= 4 is 0 Å². The van der Waals surface area contributed by atoms with Crippen LogP contribution in [0.1, 0.15) is 51.5 Å². The monoisotopic (exact) mass is 260 g/mol. The van der Waals surface area contributed by atoms with Crippen LogP contribution in [0.4, 0.5) is 0 Å². The Bertz CT molecular complexity index is 478. The zero-order valence-corrected chi connectivity index (χ0v) is 12.4. The molecule has 0 N–H and O–H groups in total. The van der Waals surface area contributed by atoms with Crippen LogP contribution in [0.5, 0.6) is 11.5 Å². The van der Waals surface area contributed by atoms with E-state index in [1.54, 1.807) is 7.11 Å². The van der Waals surface area contributed by atoms with Crippen LogP contribution in [0.3, 0.4) is 0 Å². The fourth-order valence-corrected chi connectivity index (χ4v) is 3.95. The lowest BCUT2D eigenvalue weighted by atomic mass is 9.64. The number of hydrogen-bond donors (Lipinski definition) is 0. The average molecular weight is 260 g/mol. The molecule has 0 spiro atoms. The van der Waals surface area contributed by atoms with E-state index in [-0.39, 0.29) is 5.60 Å². The third kappa shape index (κ3) is 2.11. The molecule has 0 radical (unpaired) electrons. The van der Waals surface area contributed by atoms with Gasteiger partial charge in [-0.25, -0.2) is 0 Å². The Labute approximate surface area is 116 Å². The smallest absolute Gasteiger partial charge is 0.123 e. The van der Waals surface area contributed by atoms with Crippen molar-refractivity contribution in [2.75, 3.05) is 7.11 Å². The number of fused-ring (bicyclic) bond motifs is 3. The van der Waals surface area contributed by atoms with Crippen molar-refractivity contribution in [1.29, 1.82) is 0 Å². The minimum absolute atomic E-state index is 0.0492. The van der Waals surface area contributed by atoms with Crippen LogP contribution < -0.4 is 9.47 Å². The summed E-state index contributed by atoms with van der Waals surface area (Å²) in [6, 6.07) is 6.26. The van der Waals surface area contributed by atoms with Gasteiger partial charge >= 0.3 is 0 Å². The Balaban J connectivity index is 2.05. The van der Waals surface area contributed by atoms with E-state index in [0.717, 1.165) is 17.4 Å². The van der Waals surface area contributed by atoms with Crippen LogP contribution in [-0.4, -0.2) is 12.7 Å². The number of ether oxygens (including phenoxy) is 2. The van der Waals surface area contributed by atoms with Crippen LogP contribution >= 0.6 is 0 Å². The van der Waals surface area contributed by atoms with Gasteiger partial charge in [0.05, 0.1) is 7.11 Å². The molecular weight excluding hydrogens is 236 g/mol. The quantitative estimate of drug-likeness (QED) is 0.745. The zero-order valence-electron chi connectivity index (χ0n) is 12.4. The molecule has 0 aromatic heterocycles. The van der Waals surface area contributed by atoms with E-state index in [1.165, 1.54) is 24.8 Å². The second-order valence-corrected chi connectivity index (χ2v) is 6.74. The van der Waals surface area contributed by atoms with Crippen molar-refractivity contribution in [1.82, 2.24) is 0 Å². The summed E-state index contributed by atoms with van der Waals surface area (Å²) in [7, 11) is 1.73. The van der Waals surface area contributed by atoms with Gasteiger partial charge in [0, 0.05) is 11.5 Å². The molecule has 3 atom stereocenters. The molecule has 0 saturated heterocycles. The highest BCUT2D eigenvalue weighted by molar-refractivity contribution is 5.45. The SMILES string of the molecule is COc1ccc2c(c1)C1CC(C)CC[C@H]1C(C)(C)O2. The Morgan fingerprint density at radius 1 is 1.26 bits per heavy atom. The van der Waals surface area contributed by atoms with E-state index < -0.39 is 0 Å². The molecule has 1 aromatic carbocycles. The van der Waals surface area contributed by atoms with Crippen LogP contribution in [0, 0.1) is 11.8 Å². The minimum Gasteiger partial charge on any atom is -0.497 e. The molecular formula is C17H24O2. The summed E-state index contributed by atoms with van der Waals surface area (Å²) in [6.45, 7) is 6.86. The summed E-state index contributed by atoms with van der Waals surface area (Å²) in [5.41, 5.74) is 1.31. The van der Waals surface area contributed by atoms with Gasteiger partial charge in [0.1, 0.15) is 17.1 Å². The van der Waals surface area contributed by atoms with Gasteiger partial charge in [0.2, 0.25) is 0 Å². The second kappa shape index (κ2) is 4.43. The lowest BCUT2D eigenvalue weighted by Gasteiger charge is -2.48. The normalized spacial score (nSPS) is 31.9. The van der Waals surface area contributed by atoms with E-state index >= 15 is 0 Å². The molecule has 19 heavy (non-hydrogen) atoms. The first kappa shape index (κ1) is 12.8. The van der Waals surface area contributed by atoms with Crippen LogP contribution in [0.25, 0.3) is 0 Å². The summed E-state index contributed by atoms with van der Waals surface area (Å²) in [5, 5.41) is 0. The molecule has 1 aromatic rings. The maximum Gasteiger partial charge on any atom is 0.123 e. The van der Waals surface area contributed by atoms with Gasteiger partial charge < -0.3 is 9.47 Å². The van der Waals surface area contributed by atoms with Crippen molar-refractivity contribution < 1.29 is 9.47 Å². The third-order valence-electron chi connectivity index (χ3n) is 4.99. The maximum absolute atomic E-state index is 6.27. The lowest BCUT2D eigenvalue weighted by molar-refractivity contribution is -0.0137. The van der Waals surface area contributed by atoms with Crippen LogP contribution in [0.2, 0.25) is 0 Å². The van der Waals surface area contributed by atoms with Gasteiger partial charge in [0.25, 0.3) is 0 Å². The first-order valence-electron chi connectivity index (χ1n) is 7.38. The average Bonchev–Trinajstić information content (AvgIpc) is 2.37. The molecule has 1 fully saturated rings. The molecule has 3 rings (SSSR count). The van der Waals surface area contributed by atoms with Crippen LogP contribution in [0.15, 0.2) is 18.2 Å². The van der Waals surface area contributed by atoms with Crippen molar-refractivity contribution in [3.05, 3.63) is 23.8 Å². The van der Waals surface area contributed by atoms with Gasteiger partial charge in [-0.05, 0) is 56.7 Å². The van der Waals surface area contributed by atoms with Gasteiger partial charge in [-0.15, -0.1) is 0 Å². The standard InChI is InChI=1S/C17H24O2/c1-11-5-7-15-13(9-11)14-10-12(18-4)6-8-16(14)19-17(15,2)3/h6,8,10-11,13,15H,5,7,9H2,1-4H3/t11?,13?,15-/m1/s1. The van der Waals surface area contributed by atoms with E-state index in [1.807, 2.05) is 6.07 Å². The Kier molecular flexibility index (Phi) is 2.99. The van der Waals surface area contributed by atoms with Gasteiger partial charge in [-0.1, -0.05) is 13.3 Å². The van der Waals surface area contributed by atoms with E-state index in [2.05, 4.69) is 32.9 Å². The molecule has 1 aliphatic carbocycles. The Hall–Kier alpha value is -1.18.